The van der Waals surface area contributed by atoms with Crippen LogP contribution in [0.3, 0.4) is 0 Å². The monoisotopic (exact) mass is 220 g/mol. The predicted octanol–water partition coefficient (Wildman–Crippen LogP) is 2.42. The fourth-order valence-corrected chi connectivity index (χ4v) is 2.06. The fourth-order valence-electron chi connectivity index (χ4n) is 2.06. The van der Waals surface area contributed by atoms with Crippen LogP contribution in [-0.2, 0) is 22.7 Å². The summed E-state index contributed by atoms with van der Waals surface area (Å²) in [6, 6.07) is 4.13. The molecule has 3 heteroatoms. The second-order valence-electron chi connectivity index (χ2n) is 4.16. The van der Waals surface area contributed by atoms with Crippen LogP contribution < -0.4 is 4.74 Å². The van der Waals surface area contributed by atoms with Gasteiger partial charge in [-0.2, -0.15) is 0 Å². The Kier molecular flexibility index (Phi) is 3.25. The van der Waals surface area contributed by atoms with E-state index >= 15 is 0 Å². The van der Waals surface area contributed by atoms with E-state index in [1.165, 1.54) is 11.1 Å². The number of rotatable bonds is 4. The molecule has 0 aliphatic carbocycles. The Labute approximate surface area is 95.4 Å². The Morgan fingerprint density at radius 2 is 2.12 bits per heavy atom. The van der Waals surface area contributed by atoms with Crippen molar-refractivity contribution in [2.45, 2.75) is 32.5 Å². The summed E-state index contributed by atoms with van der Waals surface area (Å²) in [7, 11) is 1.66. The lowest BCUT2D eigenvalue weighted by atomic mass is 9.94. The first-order valence-electron chi connectivity index (χ1n) is 5.47. The first kappa shape index (κ1) is 11.1. The quantitative estimate of drug-likeness (QED) is 0.731. The smallest absolute Gasteiger partial charge is 0.122 e. The van der Waals surface area contributed by atoms with Crippen molar-refractivity contribution in [2.75, 3.05) is 7.11 Å². The highest BCUT2D eigenvalue weighted by Gasteiger charge is 2.18. The van der Waals surface area contributed by atoms with Crippen LogP contribution in [0.15, 0.2) is 12.1 Å². The van der Waals surface area contributed by atoms with Crippen LogP contribution >= 0.6 is 0 Å². The molecule has 2 rings (SSSR count). The first-order chi connectivity index (χ1) is 7.76. The highest BCUT2D eigenvalue weighted by molar-refractivity contribution is 5.54. The molecule has 16 heavy (non-hydrogen) atoms. The molecule has 1 aliphatic rings. The minimum atomic E-state index is 0.193. The average Bonchev–Trinajstić information content (AvgIpc) is 2.74. The summed E-state index contributed by atoms with van der Waals surface area (Å²) in [5, 5.41) is 0. The highest BCUT2D eigenvalue weighted by Crippen LogP contribution is 2.34. The zero-order valence-corrected chi connectivity index (χ0v) is 9.66. The number of ether oxygens (including phenoxy) is 2. The Morgan fingerprint density at radius 1 is 1.44 bits per heavy atom. The second-order valence-corrected chi connectivity index (χ2v) is 4.16. The van der Waals surface area contributed by atoms with Crippen molar-refractivity contribution in [1.82, 2.24) is 0 Å². The van der Waals surface area contributed by atoms with Gasteiger partial charge in [0, 0.05) is 6.42 Å². The van der Waals surface area contributed by atoms with Crippen LogP contribution in [0, 0.1) is 0 Å². The van der Waals surface area contributed by atoms with Crippen LogP contribution in [0.4, 0.5) is 0 Å². The maximum Gasteiger partial charge on any atom is 0.122 e. The number of fused-ring (bicyclic) bond motifs is 1. The van der Waals surface area contributed by atoms with Gasteiger partial charge in [0.25, 0.3) is 0 Å². The molecule has 0 fully saturated rings. The molecule has 3 nitrogen and oxygen atoms in total. The molecule has 86 valence electrons. The molecule has 1 aliphatic heterocycles. The summed E-state index contributed by atoms with van der Waals surface area (Å²) in [6.45, 7) is 3.36. The summed E-state index contributed by atoms with van der Waals surface area (Å²) in [6.07, 6.45) is 1.48. The molecule has 0 saturated heterocycles. The van der Waals surface area contributed by atoms with Gasteiger partial charge in [-0.3, -0.25) is 0 Å². The van der Waals surface area contributed by atoms with E-state index in [1.807, 2.05) is 13.0 Å². The van der Waals surface area contributed by atoms with Crippen molar-refractivity contribution in [3.05, 3.63) is 28.8 Å². The minimum absolute atomic E-state index is 0.193. The lowest BCUT2D eigenvalue weighted by Crippen LogP contribution is -2.00. The zero-order chi connectivity index (χ0) is 11.5. The SMILES string of the molecule is COc1cc2c(cc1C(C)CC=O)COC2. The molecule has 0 amide bonds. The van der Waals surface area contributed by atoms with Crippen LogP contribution in [-0.4, -0.2) is 13.4 Å². The molecule has 0 aromatic heterocycles. The lowest BCUT2D eigenvalue weighted by molar-refractivity contribution is -0.108. The van der Waals surface area contributed by atoms with E-state index in [2.05, 4.69) is 6.07 Å². The molecular weight excluding hydrogens is 204 g/mol. The number of benzene rings is 1. The van der Waals surface area contributed by atoms with E-state index in [0.717, 1.165) is 17.6 Å². The van der Waals surface area contributed by atoms with Gasteiger partial charge >= 0.3 is 0 Å². The molecular formula is C13H16O3. The highest BCUT2D eigenvalue weighted by atomic mass is 16.5. The predicted molar refractivity (Wildman–Crippen MR) is 60.6 cm³/mol. The normalized spacial score (nSPS) is 15.6. The van der Waals surface area contributed by atoms with Crippen LogP contribution in [0.1, 0.15) is 36.0 Å². The van der Waals surface area contributed by atoms with E-state index in [-0.39, 0.29) is 5.92 Å². The summed E-state index contributed by atoms with van der Waals surface area (Å²) >= 11 is 0. The molecule has 1 aromatic rings. The van der Waals surface area contributed by atoms with Gasteiger partial charge in [-0.15, -0.1) is 0 Å². The van der Waals surface area contributed by atoms with E-state index in [0.29, 0.717) is 19.6 Å². The number of methoxy groups -OCH3 is 1. The van der Waals surface area contributed by atoms with Gasteiger partial charge in [-0.25, -0.2) is 0 Å². The van der Waals surface area contributed by atoms with Gasteiger partial charge in [0.1, 0.15) is 12.0 Å². The first-order valence-corrected chi connectivity index (χ1v) is 5.47. The Hall–Kier alpha value is -1.35. The second kappa shape index (κ2) is 4.66. The van der Waals surface area contributed by atoms with Crippen LogP contribution in [0.5, 0.6) is 5.75 Å². The fraction of sp³-hybridized carbons (Fsp3) is 0.462. The summed E-state index contributed by atoms with van der Waals surface area (Å²) in [5.41, 5.74) is 3.51. The van der Waals surface area contributed by atoms with Gasteiger partial charge in [0.2, 0.25) is 0 Å². The Bertz CT molecular complexity index is 398. The van der Waals surface area contributed by atoms with Gasteiger partial charge in [-0.1, -0.05) is 6.92 Å². The molecule has 1 atom stereocenters. The van der Waals surface area contributed by atoms with Crippen molar-refractivity contribution in [3.8, 4) is 5.75 Å². The molecule has 0 saturated carbocycles. The largest absolute Gasteiger partial charge is 0.496 e. The number of carbonyl (C=O) groups is 1. The molecule has 1 heterocycles. The third-order valence-corrected chi connectivity index (χ3v) is 3.05. The zero-order valence-electron chi connectivity index (χ0n) is 9.66. The number of carbonyl (C=O) groups excluding carboxylic acids is 1. The number of hydrogen-bond donors (Lipinski definition) is 0. The van der Waals surface area contributed by atoms with Crippen molar-refractivity contribution in [3.63, 3.8) is 0 Å². The third-order valence-electron chi connectivity index (χ3n) is 3.05. The third kappa shape index (κ3) is 1.95. The average molecular weight is 220 g/mol. The standard InChI is InChI=1S/C13H16O3/c1-9(3-4-14)12-5-10-7-16-8-11(10)6-13(12)15-2/h4-6,9H,3,7-8H2,1-2H3. The maximum atomic E-state index is 10.6. The Morgan fingerprint density at radius 3 is 2.75 bits per heavy atom. The maximum absolute atomic E-state index is 10.6. The van der Waals surface area contributed by atoms with Crippen molar-refractivity contribution < 1.29 is 14.3 Å². The molecule has 0 radical (unpaired) electrons. The van der Waals surface area contributed by atoms with E-state index in [1.54, 1.807) is 7.11 Å². The lowest BCUT2D eigenvalue weighted by Gasteiger charge is -2.15. The van der Waals surface area contributed by atoms with Crippen LogP contribution in [0.25, 0.3) is 0 Å². The van der Waals surface area contributed by atoms with E-state index in [9.17, 15) is 4.79 Å². The molecule has 1 aromatic carbocycles. The Balaban J connectivity index is 2.39. The topological polar surface area (TPSA) is 35.5 Å². The van der Waals surface area contributed by atoms with Gasteiger partial charge in [0.05, 0.1) is 20.3 Å². The van der Waals surface area contributed by atoms with Crippen LogP contribution in [0.2, 0.25) is 0 Å². The van der Waals surface area contributed by atoms with Gasteiger partial charge in [0.15, 0.2) is 0 Å². The molecule has 0 N–H and O–H groups in total. The van der Waals surface area contributed by atoms with Crippen molar-refractivity contribution in [2.24, 2.45) is 0 Å². The van der Waals surface area contributed by atoms with E-state index in [4.69, 9.17) is 9.47 Å². The van der Waals surface area contributed by atoms with Crippen molar-refractivity contribution >= 4 is 6.29 Å². The number of hydrogen-bond acceptors (Lipinski definition) is 3. The summed E-state index contributed by atoms with van der Waals surface area (Å²) in [4.78, 5) is 10.6. The van der Waals surface area contributed by atoms with Crippen molar-refractivity contribution in [1.29, 1.82) is 0 Å². The molecule has 0 spiro atoms. The summed E-state index contributed by atoms with van der Waals surface area (Å²) in [5.74, 6) is 1.05. The summed E-state index contributed by atoms with van der Waals surface area (Å²) < 4.78 is 10.8. The molecule has 0 bridgehead atoms. The number of aldehydes is 1. The van der Waals surface area contributed by atoms with E-state index < -0.39 is 0 Å². The molecule has 1 unspecified atom stereocenters. The van der Waals surface area contributed by atoms with Gasteiger partial charge in [-0.05, 0) is 34.7 Å². The minimum Gasteiger partial charge on any atom is -0.496 e. The van der Waals surface area contributed by atoms with Gasteiger partial charge < -0.3 is 14.3 Å².